The van der Waals surface area contributed by atoms with Gasteiger partial charge in [-0.1, -0.05) is 59.4 Å². The summed E-state index contributed by atoms with van der Waals surface area (Å²) in [6, 6.07) is 10.8. The molecule has 0 bridgehead atoms. The lowest BCUT2D eigenvalue weighted by molar-refractivity contribution is -0.121. The fraction of sp³-hybridized carbons (Fsp3) is 0.100. The highest BCUT2D eigenvalue weighted by molar-refractivity contribution is 8.26. The fourth-order valence-electron chi connectivity index (χ4n) is 2.51. The molecule has 0 radical (unpaired) electrons. The molecule has 0 aliphatic carbocycles. The molecular formula is C20H16ClNO4S3. The SMILES string of the molecule is C=CCN1C(=O)/C(=C/c2cc(Cl)ccc2OS(=O)(=O)c2ccc(C)cc2)SC1=S. The molecule has 5 nitrogen and oxygen atoms in total. The summed E-state index contributed by atoms with van der Waals surface area (Å²) >= 11 is 12.4. The molecule has 1 heterocycles. The fourth-order valence-corrected chi connectivity index (χ4v) is 4.91. The van der Waals surface area contributed by atoms with E-state index in [2.05, 4.69) is 6.58 Å². The van der Waals surface area contributed by atoms with Crippen LogP contribution < -0.4 is 4.18 Å². The van der Waals surface area contributed by atoms with Crippen LogP contribution in [0.3, 0.4) is 0 Å². The quantitative estimate of drug-likeness (QED) is 0.264. The molecule has 0 saturated carbocycles. The van der Waals surface area contributed by atoms with Gasteiger partial charge in [-0.05, 0) is 43.3 Å². The number of nitrogens with zero attached hydrogens (tertiary/aromatic N) is 1. The van der Waals surface area contributed by atoms with Gasteiger partial charge in [-0.3, -0.25) is 9.69 Å². The van der Waals surface area contributed by atoms with Crippen LogP contribution in [0.25, 0.3) is 6.08 Å². The number of thiocarbonyl (C=S) groups is 1. The molecule has 2 aromatic rings. The second-order valence-electron chi connectivity index (χ2n) is 6.11. The standard InChI is InChI=1S/C20H16ClNO4S3/c1-3-10-22-19(23)18(28-20(22)27)12-14-11-15(21)6-9-17(14)26-29(24,25)16-7-4-13(2)5-8-16/h3-9,11-12H,1,10H2,2H3/b18-12-. The maximum atomic E-state index is 12.7. The average molecular weight is 466 g/mol. The molecular weight excluding hydrogens is 450 g/mol. The van der Waals surface area contributed by atoms with E-state index in [4.69, 9.17) is 28.0 Å². The van der Waals surface area contributed by atoms with Crippen molar-refractivity contribution >= 4 is 62.0 Å². The Labute approximate surface area is 184 Å². The molecule has 0 unspecified atom stereocenters. The van der Waals surface area contributed by atoms with Crippen molar-refractivity contribution in [3.05, 3.63) is 76.2 Å². The minimum Gasteiger partial charge on any atom is -0.378 e. The van der Waals surface area contributed by atoms with E-state index in [0.29, 0.717) is 26.4 Å². The summed E-state index contributed by atoms with van der Waals surface area (Å²) in [5.41, 5.74) is 1.28. The number of hydrogen-bond acceptors (Lipinski definition) is 6. The zero-order valence-electron chi connectivity index (χ0n) is 15.3. The smallest absolute Gasteiger partial charge is 0.339 e. The van der Waals surface area contributed by atoms with E-state index < -0.39 is 10.1 Å². The molecule has 0 spiro atoms. The van der Waals surface area contributed by atoms with Gasteiger partial charge in [0.25, 0.3) is 5.91 Å². The Morgan fingerprint density at radius 2 is 1.93 bits per heavy atom. The second-order valence-corrected chi connectivity index (χ2v) is 9.77. The van der Waals surface area contributed by atoms with Gasteiger partial charge < -0.3 is 4.18 Å². The van der Waals surface area contributed by atoms with Gasteiger partial charge in [0.1, 0.15) is 15.0 Å². The molecule has 9 heteroatoms. The minimum atomic E-state index is -4.06. The molecule has 0 atom stereocenters. The van der Waals surface area contributed by atoms with E-state index in [0.717, 1.165) is 17.3 Å². The topological polar surface area (TPSA) is 63.7 Å². The molecule has 1 aliphatic heterocycles. The van der Waals surface area contributed by atoms with E-state index >= 15 is 0 Å². The largest absolute Gasteiger partial charge is 0.378 e. The molecule has 0 N–H and O–H groups in total. The van der Waals surface area contributed by atoms with Gasteiger partial charge in [0.2, 0.25) is 0 Å². The van der Waals surface area contributed by atoms with E-state index in [1.807, 2.05) is 6.92 Å². The van der Waals surface area contributed by atoms with Crippen molar-refractivity contribution in [1.29, 1.82) is 0 Å². The highest BCUT2D eigenvalue weighted by Crippen LogP contribution is 2.35. The van der Waals surface area contributed by atoms with Gasteiger partial charge in [0, 0.05) is 17.1 Å². The Balaban J connectivity index is 1.97. The lowest BCUT2D eigenvalue weighted by Gasteiger charge is -2.11. The second kappa shape index (κ2) is 8.71. The summed E-state index contributed by atoms with van der Waals surface area (Å²) in [6.07, 6.45) is 3.10. The number of benzene rings is 2. The van der Waals surface area contributed by atoms with Gasteiger partial charge in [-0.25, -0.2) is 0 Å². The zero-order valence-corrected chi connectivity index (χ0v) is 18.5. The number of aryl methyl sites for hydroxylation is 1. The monoisotopic (exact) mass is 465 g/mol. The number of halogens is 1. The predicted octanol–water partition coefficient (Wildman–Crippen LogP) is 4.80. The van der Waals surface area contributed by atoms with Crippen molar-refractivity contribution in [3.8, 4) is 5.75 Å². The Kier molecular flexibility index (Phi) is 6.48. The van der Waals surface area contributed by atoms with Crippen LogP contribution in [0.2, 0.25) is 5.02 Å². The Morgan fingerprint density at radius 1 is 1.24 bits per heavy atom. The van der Waals surface area contributed by atoms with Crippen molar-refractivity contribution in [3.63, 3.8) is 0 Å². The first-order chi connectivity index (χ1) is 13.7. The van der Waals surface area contributed by atoms with Crippen molar-refractivity contribution in [2.75, 3.05) is 6.54 Å². The third-order valence-corrected chi connectivity index (χ3v) is 6.81. The average Bonchev–Trinajstić information content (AvgIpc) is 2.92. The molecule has 29 heavy (non-hydrogen) atoms. The Morgan fingerprint density at radius 3 is 2.59 bits per heavy atom. The number of carbonyl (C=O) groups excluding carboxylic acids is 1. The molecule has 1 saturated heterocycles. The molecule has 3 rings (SSSR count). The van der Waals surface area contributed by atoms with Gasteiger partial charge in [0.15, 0.2) is 0 Å². The lowest BCUT2D eigenvalue weighted by atomic mass is 10.2. The lowest BCUT2D eigenvalue weighted by Crippen LogP contribution is -2.27. The van der Waals surface area contributed by atoms with E-state index in [1.54, 1.807) is 18.2 Å². The first-order valence-electron chi connectivity index (χ1n) is 8.38. The van der Waals surface area contributed by atoms with Crippen LogP contribution >= 0.6 is 35.6 Å². The number of carbonyl (C=O) groups is 1. The first kappa shape index (κ1) is 21.6. The molecule has 0 aromatic heterocycles. The van der Waals surface area contributed by atoms with Gasteiger partial charge in [0.05, 0.1) is 4.91 Å². The highest BCUT2D eigenvalue weighted by atomic mass is 35.5. The van der Waals surface area contributed by atoms with Gasteiger partial charge in [-0.2, -0.15) is 8.42 Å². The van der Waals surface area contributed by atoms with Crippen molar-refractivity contribution in [2.45, 2.75) is 11.8 Å². The molecule has 1 amide bonds. The van der Waals surface area contributed by atoms with Crippen molar-refractivity contribution < 1.29 is 17.4 Å². The maximum Gasteiger partial charge on any atom is 0.339 e. The third-order valence-electron chi connectivity index (χ3n) is 3.95. The minimum absolute atomic E-state index is 0.0290. The molecule has 1 fully saturated rings. The van der Waals surface area contributed by atoms with E-state index in [1.165, 1.54) is 41.3 Å². The zero-order chi connectivity index (χ0) is 21.2. The predicted molar refractivity (Wildman–Crippen MR) is 121 cm³/mol. The Hall–Kier alpha value is -2.13. The van der Waals surface area contributed by atoms with Crippen LogP contribution in [-0.2, 0) is 14.9 Å². The van der Waals surface area contributed by atoms with Crippen LogP contribution in [0.4, 0.5) is 0 Å². The van der Waals surface area contributed by atoms with Crippen LogP contribution in [0, 0.1) is 6.92 Å². The van der Waals surface area contributed by atoms with Crippen molar-refractivity contribution in [1.82, 2.24) is 4.90 Å². The molecule has 150 valence electrons. The van der Waals surface area contributed by atoms with E-state index in [-0.39, 0.29) is 16.6 Å². The summed E-state index contributed by atoms with van der Waals surface area (Å²) in [5.74, 6) is -0.226. The summed E-state index contributed by atoms with van der Waals surface area (Å²) < 4.78 is 31.1. The van der Waals surface area contributed by atoms with Crippen LogP contribution in [-0.4, -0.2) is 30.1 Å². The normalized spacial score (nSPS) is 15.8. The number of hydrogen-bond donors (Lipinski definition) is 0. The third kappa shape index (κ3) is 4.90. The number of rotatable bonds is 6. The number of thioether (sulfide) groups is 1. The van der Waals surface area contributed by atoms with Crippen LogP contribution in [0.1, 0.15) is 11.1 Å². The summed E-state index contributed by atoms with van der Waals surface area (Å²) in [6.45, 7) is 5.77. The summed E-state index contributed by atoms with van der Waals surface area (Å²) in [4.78, 5) is 14.3. The Bertz CT molecular complexity index is 1120. The first-order valence-corrected chi connectivity index (χ1v) is 11.4. The number of amides is 1. The van der Waals surface area contributed by atoms with Gasteiger partial charge in [-0.15, -0.1) is 6.58 Å². The summed E-state index contributed by atoms with van der Waals surface area (Å²) in [7, 11) is -4.06. The summed E-state index contributed by atoms with van der Waals surface area (Å²) in [5, 5.41) is 0.373. The van der Waals surface area contributed by atoms with Crippen LogP contribution in [0.15, 0.2) is 64.9 Å². The highest BCUT2D eigenvalue weighted by Gasteiger charge is 2.31. The maximum absolute atomic E-state index is 12.7. The van der Waals surface area contributed by atoms with Crippen LogP contribution in [0.5, 0.6) is 5.75 Å². The van der Waals surface area contributed by atoms with Gasteiger partial charge >= 0.3 is 10.1 Å². The molecule has 1 aliphatic rings. The molecule has 2 aromatic carbocycles. The van der Waals surface area contributed by atoms with Crippen molar-refractivity contribution in [2.24, 2.45) is 0 Å². The van der Waals surface area contributed by atoms with E-state index in [9.17, 15) is 13.2 Å².